The van der Waals surface area contributed by atoms with Crippen LogP contribution in [0, 0.1) is 5.92 Å². The highest BCUT2D eigenvalue weighted by molar-refractivity contribution is 6.03. The van der Waals surface area contributed by atoms with Crippen LogP contribution in [0.25, 0.3) is 0 Å². The molecule has 18 heavy (non-hydrogen) atoms. The predicted molar refractivity (Wildman–Crippen MR) is 60.1 cm³/mol. The Morgan fingerprint density at radius 2 is 2.17 bits per heavy atom. The molecule has 2 rings (SSSR count). The molecule has 6 nitrogen and oxygen atoms in total. The lowest BCUT2D eigenvalue weighted by atomic mass is 9.90. The summed E-state index contributed by atoms with van der Waals surface area (Å²) in [5, 5.41) is 9.43. The van der Waals surface area contributed by atoms with Gasteiger partial charge in [0.1, 0.15) is 0 Å². The Morgan fingerprint density at radius 3 is 2.78 bits per heavy atom. The third-order valence-electron chi connectivity index (χ3n) is 3.33. The highest BCUT2D eigenvalue weighted by Crippen LogP contribution is 2.40. The minimum atomic E-state index is -0.653. The zero-order valence-corrected chi connectivity index (χ0v) is 10.1. The van der Waals surface area contributed by atoms with Gasteiger partial charge in [-0.15, -0.1) is 0 Å². The standard InChI is InChI=1S/C12H15NO5/c1-6(2)12(17)18-5-10(15)13-9-4-7(14)3-8(9)11(13)16/h7-9,14H,1,3-5H2,2H3. The summed E-state index contributed by atoms with van der Waals surface area (Å²) in [6.07, 6.45) is 0.301. The summed E-state index contributed by atoms with van der Waals surface area (Å²) >= 11 is 0. The topological polar surface area (TPSA) is 83.9 Å². The number of β-lactam (4-membered cyclic amide) rings is 1. The van der Waals surface area contributed by atoms with Gasteiger partial charge >= 0.3 is 5.97 Å². The molecular weight excluding hydrogens is 238 g/mol. The Morgan fingerprint density at radius 1 is 1.50 bits per heavy atom. The van der Waals surface area contributed by atoms with Crippen LogP contribution in [0.1, 0.15) is 19.8 Å². The number of carbonyl (C=O) groups excluding carboxylic acids is 3. The molecule has 2 fully saturated rings. The molecule has 0 aromatic carbocycles. The van der Waals surface area contributed by atoms with Gasteiger partial charge in [-0.3, -0.25) is 14.5 Å². The second-order valence-corrected chi connectivity index (χ2v) is 4.76. The van der Waals surface area contributed by atoms with Crippen molar-refractivity contribution in [1.29, 1.82) is 0 Å². The third-order valence-corrected chi connectivity index (χ3v) is 3.33. The van der Waals surface area contributed by atoms with E-state index in [4.69, 9.17) is 4.74 Å². The van der Waals surface area contributed by atoms with Gasteiger partial charge in [-0.1, -0.05) is 6.58 Å². The Kier molecular flexibility index (Phi) is 3.21. The summed E-state index contributed by atoms with van der Waals surface area (Å²) in [6.45, 7) is 4.41. The number of hydrogen-bond donors (Lipinski definition) is 1. The van der Waals surface area contributed by atoms with Crippen molar-refractivity contribution in [1.82, 2.24) is 4.90 Å². The second-order valence-electron chi connectivity index (χ2n) is 4.76. The van der Waals surface area contributed by atoms with Crippen LogP contribution >= 0.6 is 0 Å². The van der Waals surface area contributed by atoms with Crippen molar-refractivity contribution in [2.45, 2.75) is 31.9 Å². The molecule has 98 valence electrons. The monoisotopic (exact) mass is 253 g/mol. The normalized spacial score (nSPS) is 29.6. The first kappa shape index (κ1) is 12.8. The molecule has 2 amide bonds. The van der Waals surface area contributed by atoms with Crippen molar-refractivity contribution in [3.8, 4) is 0 Å². The fraction of sp³-hybridized carbons (Fsp3) is 0.583. The lowest BCUT2D eigenvalue weighted by Crippen LogP contribution is -2.61. The fourth-order valence-electron chi connectivity index (χ4n) is 2.43. The number of carbonyl (C=O) groups is 3. The highest BCUT2D eigenvalue weighted by atomic mass is 16.5. The van der Waals surface area contributed by atoms with E-state index in [9.17, 15) is 19.5 Å². The van der Waals surface area contributed by atoms with Crippen molar-refractivity contribution in [2.75, 3.05) is 6.61 Å². The van der Waals surface area contributed by atoms with E-state index in [-0.39, 0.29) is 23.4 Å². The van der Waals surface area contributed by atoms with Gasteiger partial charge in [-0.05, 0) is 19.8 Å². The van der Waals surface area contributed by atoms with Gasteiger partial charge in [-0.25, -0.2) is 4.79 Å². The SMILES string of the molecule is C=C(C)C(=O)OCC(=O)N1C(=O)C2CC(O)CC21. The number of aliphatic hydroxyl groups excluding tert-OH is 1. The van der Waals surface area contributed by atoms with E-state index in [2.05, 4.69) is 6.58 Å². The van der Waals surface area contributed by atoms with Crippen LogP contribution in [0.2, 0.25) is 0 Å². The van der Waals surface area contributed by atoms with E-state index in [1.165, 1.54) is 6.92 Å². The van der Waals surface area contributed by atoms with Gasteiger partial charge < -0.3 is 9.84 Å². The summed E-state index contributed by atoms with van der Waals surface area (Å²) in [7, 11) is 0. The number of rotatable bonds is 3. The molecule has 1 N–H and O–H groups in total. The van der Waals surface area contributed by atoms with Crippen LogP contribution in [0.15, 0.2) is 12.2 Å². The maximum Gasteiger partial charge on any atom is 0.333 e. The number of fused-ring (bicyclic) bond motifs is 1. The predicted octanol–water partition coefficient (Wildman–Crippen LogP) is -0.386. The molecule has 1 aliphatic heterocycles. The second kappa shape index (κ2) is 4.53. The van der Waals surface area contributed by atoms with Crippen molar-refractivity contribution >= 4 is 17.8 Å². The minimum absolute atomic E-state index is 0.201. The Balaban J connectivity index is 1.89. The summed E-state index contributed by atoms with van der Waals surface area (Å²) in [5.74, 6) is -1.72. The molecule has 6 heteroatoms. The summed E-state index contributed by atoms with van der Waals surface area (Å²) in [6, 6.07) is -0.233. The minimum Gasteiger partial charge on any atom is -0.452 e. The first-order chi connectivity index (χ1) is 8.41. The molecule has 1 saturated heterocycles. The van der Waals surface area contributed by atoms with Crippen molar-refractivity contribution in [3.05, 3.63) is 12.2 Å². The molecule has 0 aromatic rings. The van der Waals surface area contributed by atoms with Gasteiger partial charge in [-0.2, -0.15) is 0 Å². The van der Waals surface area contributed by atoms with Gasteiger partial charge in [0.15, 0.2) is 6.61 Å². The van der Waals surface area contributed by atoms with E-state index in [1.54, 1.807) is 0 Å². The van der Waals surface area contributed by atoms with Gasteiger partial charge in [0.05, 0.1) is 18.1 Å². The average Bonchev–Trinajstić information content (AvgIpc) is 2.64. The lowest BCUT2D eigenvalue weighted by molar-refractivity contribution is -0.168. The summed E-state index contributed by atoms with van der Waals surface area (Å²) in [5.41, 5.74) is 0.201. The van der Waals surface area contributed by atoms with Gasteiger partial charge in [0.25, 0.3) is 5.91 Å². The third kappa shape index (κ3) is 2.03. The maximum atomic E-state index is 11.7. The molecule has 1 aliphatic carbocycles. The smallest absolute Gasteiger partial charge is 0.333 e. The van der Waals surface area contributed by atoms with Gasteiger partial charge in [0.2, 0.25) is 5.91 Å². The molecule has 3 unspecified atom stereocenters. The summed E-state index contributed by atoms with van der Waals surface area (Å²) < 4.78 is 4.70. The van der Waals surface area contributed by atoms with Crippen LogP contribution < -0.4 is 0 Å². The van der Waals surface area contributed by atoms with Crippen molar-refractivity contribution in [3.63, 3.8) is 0 Å². The zero-order valence-electron chi connectivity index (χ0n) is 10.1. The molecule has 1 saturated carbocycles. The number of ether oxygens (including phenoxy) is 1. The number of imide groups is 1. The van der Waals surface area contributed by atoms with Crippen molar-refractivity contribution < 1.29 is 24.2 Å². The quantitative estimate of drug-likeness (QED) is 0.421. The number of esters is 1. The van der Waals surface area contributed by atoms with Crippen LogP contribution in [-0.2, 0) is 19.1 Å². The number of likely N-dealkylation sites (tertiary alicyclic amines) is 1. The molecule has 0 aromatic heterocycles. The number of amides is 2. The van der Waals surface area contributed by atoms with Gasteiger partial charge in [0, 0.05) is 5.57 Å². The lowest BCUT2D eigenvalue weighted by Gasteiger charge is -2.41. The average molecular weight is 253 g/mol. The van der Waals surface area contributed by atoms with Crippen molar-refractivity contribution in [2.24, 2.45) is 5.92 Å². The molecule has 0 bridgehead atoms. The van der Waals surface area contributed by atoms with Crippen LogP contribution in [0.5, 0.6) is 0 Å². The first-order valence-corrected chi connectivity index (χ1v) is 5.78. The molecule has 1 heterocycles. The number of nitrogens with zero attached hydrogens (tertiary/aromatic N) is 1. The first-order valence-electron chi connectivity index (χ1n) is 5.78. The fourth-order valence-corrected chi connectivity index (χ4v) is 2.43. The highest BCUT2D eigenvalue weighted by Gasteiger charge is 2.55. The Bertz CT molecular complexity index is 430. The van der Waals surface area contributed by atoms with E-state index >= 15 is 0 Å². The van der Waals surface area contributed by atoms with E-state index < -0.39 is 24.6 Å². The van der Waals surface area contributed by atoms with E-state index in [1.807, 2.05) is 0 Å². The number of aliphatic hydroxyl groups is 1. The molecule has 0 radical (unpaired) electrons. The molecule has 0 spiro atoms. The summed E-state index contributed by atoms with van der Waals surface area (Å²) in [4.78, 5) is 35.6. The zero-order chi connectivity index (χ0) is 13.4. The van der Waals surface area contributed by atoms with E-state index in [0.29, 0.717) is 12.8 Å². The molecule has 2 aliphatic rings. The maximum absolute atomic E-state index is 11.7. The number of hydrogen-bond acceptors (Lipinski definition) is 5. The molecular formula is C12H15NO5. The van der Waals surface area contributed by atoms with Crippen LogP contribution in [-0.4, -0.2) is 46.5 Å². The largest absolute Gasteiger partial charge is 0.452 e. The van der Waals surface area contributed by atoms with Crippen LogP contribution in [0.4, 0.5) is 0 Å². The Labute approximate surface area is 104 Å². The molecule has 3 atom stereocenters. The van der Waals surface area contributed by atoms with E-state index in [0.717, 1.165) is 4.90 Å². The van der Waals surface area contributed by atoms with Crippen LogP contribution in [0.3, 0.4) is 0 Å². The Hall–Kier alpha value is -1.69.